The molecule has 1 aliphatic heterocycles. The molecule has 2 aromatic carbocycles. The van der Waals surface area contributed by atoms with Crippen LogP contribution in [-0.2, 0) is 11.3 Å². The lowest BCUT2D eigenvalue weighted by Crippen LogP contribution is -2.42. The zero-order chi connectivity index (χ0) is 22.0. The normalized spacial score (nSPS) is 15.3. The highest BCUT2D eigenvalue weighted by molar-refractivity contribution is 6.36. The van der Waals surface area contributed by atoms with Crippen molar-refractivity contribution in [3.05, 3.63) is 74.5 Å². The number of aromatic nitrogens is 2. The molecule has 10 heteroatoms. The van der Waals surface area contributed by atoms with Crippen LogP contribution in [0.3, 0.4) is 0 Å². The van der Waals surface area contributed by atoms with E-state index in [1.165, 1.54) is 6.21 Å². The van der Waals surface area contributed by atoms with Gasteiger partial charge in [-0.25, -0.2) is 10.1 Å². The molecule has 1 amide bonds. The first-order valence-corrected chi connectivity index (χ1v) is 10.4. The first-order chi connectivity index (χ1) is 14.9. The highest BCUT2D eigenvalue weighted by Gasteiger charge is 2.27. The number of benzene rings is 2. The highest BCUT2D eigenvalue weighted by Crippen LogP contribution is 2.31. The summed E-state index contributed by atoms with van der Waals surface area (Å²) in [6.45, 7) is 2.18. The maximum Gasteiger partial charge on any atom is 0.284 e. The van der Waals surface area contributed by atoms with Crippen LogP contribution in [0.2, 0.25) is 15.2 Å². The third-order valence-corrected chi connectivity index (χ3v) is 5.76. The molecule has 31 heavy (non-hydrogen) atoms. The molecule has 1 aliphatic rings. The number of hydrazone groups is 1. The number of aryl methyl sites for hydroxylation is 1. The molecule has 160 valence electrons. The second-order valence-electron chi connectivity index (χ2n) is 6.75. The van der Waals surface area contributed by atoms with Gasteiger partial charge in [0.1, 0.15) is 11.8 Å². The Morgan fingerprint density at radius 3 is 2.65 bits per heavy atom. The van der Waals surface area contributed by atoms with E-state index in [-0.39, 0.29) is 6.61 Å². The van der Waals surface area contributed by atoms with E-state index >= 15 is 0 Å². The number of nitrogens with one attached hydrogen (secondary N) is 1. The summed E-state index contributed by atoms with van der Waals surface area (Å²) in [6.07, 6.45) is 0.624. The molecule has 0 spiro atoms. The van der Waals surface area contributed by atoms with E-state index in [1.807, 2.05) is 6.07 Å². The van der Waals surface area contributed by atoms with Crippen molar-refractivity contribution in [2.24, 2.45) is 5.10 Å². The van der Waals surface area contributed by atoms with Gasteiger partial charge in [-0.2, -0.15) is 10.2 Å². The van der Waals surface area contributed by atoms with Crippen molar-refractivity contribution in [1.29, 1.82) is 0 Å². The van der Waals surface area contributed by atoms with Gasteiger partial charge in [0.2, 0.25) is 6.10 Å². The summed E-state index contributed by atoms with van der Waals surface area (Å²) in [6, 6.07) is 12.4. The Labute approximate surface area is 193 Å². The lowest BCUT2D eigenvalue weighted by molar-refractivity contribution is -0.130. The highest BCUT2D eigenvalue weighted by atomic mass is 35.5. The van der Waals surface area contributed by atoms with Gasteiger partial charge in [-0.1, -0.05) is 53.0 Å². The molecule has 1 N–H and O–H groups in total. The molecule has 4 rings (SSSR count). The first-order valence-electron chi connectivity index (χ1n) is 9.31. The average Bonchev–Trinajstić information content (AvgIpc) is 3.03. The lowest BCUT2D eigenvalue weighted by atomic mass is 10.2. The van der Waals surface area contributed by atoms with E-state index in [9.17, 15) is 4.79 Å². The molecule has 0 radical (unpaired) electrons. The van der Waals surface area contributed by atoms with Gasteiger partial charge in [0.15, 0.2) is 11.5 Å². The number of hydrogen-bond acceptors (Lipinski definition) is 5. The summed E-state index contributed by atoms with van der Waals surface area (Å²) in [5, 5.41) is 9.81. The standard InChI is InChI=1S/C21H17Cl3N4O3/c1-12-13(20(24)28(27-12)10-14-15(22)5-4-6-16(14)23)9-25-26-21(29)19-11-30-17-7-2-3-8-18(17)31-19/h2-9,19H,10-11H2,1H3,(H,26,29). The number of carbonyl (C=O) groups excluding carboxylic acids is 1. The molecule has 0 fully saturated rings. The minimum atomic E-state index is -0.811. The minimum Gasteiger partial charge on any atom is -0.485 e. The summed E-state index contributed by atoms with van der Waals surface area (Å²) >= 11 is 18.9. The van der Waals surface area contributed by atoms with Crippen molar-refractivity contribution in [1.82, 2.24) is 15.2 Å². The fraction of sp³-hybridized carbons (Fsp3) is 0.190. The van der Waals surface area contributed by atoms with Crippen molar-refractivity contribution in [3.63, 3.8) is 0 Å². The molecule has 1 unspecified atom stereocenters. The molecule has 3 aromatic rings. The van der Waals surface area contributed by atoms with Gasteiger partial charge in [0.05, 0.1) is 24.0 Å². The number of ether oxygens (including phenoxy) is 2. The number of amides is 1. The van der Waals surface area contributed by atoms with Crippen LogP contribution in [0, 0.1) is 6.92 Å². The van der Waals surface area contributed by atoms with Crippen molar-refractivity contribution in [2.75, 3.05) is 6.61 Å². The van der Waals surface area contributed by atoms with Crippen LogP contribution in [0.1, 0.15) is 16.8 Å². The van der Waals surface area contributed by atoms with Gasteiger partial charge in [-0.05, 0) is 31.2 Å². The molecule has 0 bridgehead atoms. The zero-order valence-electron chi connectivity index (χ0n) is 16.3. The number of carbonyl (C=O) groups is 1. The van der Waals surface area contributed by atoms with Gasteiger partial charge in [0, 0.05) is 15.6 Å². The van der Waals surface area contributed by atoms with Crippen LogP contribution >= 0.6 is 34.8 Å². The summed E-state index contributed by atoms with van der Waals surface area (Å²) in [5.74, 6) is 0.676. The van der Waals surface area contributed by atoms with Gasteiger partial charge in [-0.15, -0.1) is 0 Å². The monoisotopic (exact) mass is 478 g/mol. The van der Waals surface area contributed by atoms with E-state index in [0.717, 1.165) is 0 Å². The molecule has 1 atom stereocenters. The quantitative estimate of drug-likeness (QED) is 0.432. The van der Waals surface area contributed by atoms with Crippen LogP contribution in [0.15, 0.2) is 47.6 Å². The lowest BCUT2D eigenvalue weighted by Gasteiger charge is -2.24. The van der Waals surface area contributed by atoms with Crippen molar-refractivity contribution >= 4 is 46.9 Å². The Morgan fingerprint density at radius 1 is 1.19 bits per heavy atom. The van der Waals surface area contributed by atoms with E-state index in [4.69, 9.17) is 44.3 Å². The van der Waals surface area contributed by atoms with Crippen molar-refractivity contribution in [2.45, 2.75) is 19.6 Å². The SMILES string of the molecule is Cc1nn(Cc2c(Cl)cccc2Cl)c(Cl)c1C=NNC(=O)C1COc2ccccc2O1. The molecule has 0 saturated carbocycles. The third-order valence-electron chi connectivity index (χ3n) is 4.65. The fourth-order valence-electron chi connectivity index (χ4n) is 3.03. The number of fused-ring (bicyclic) bond motifs is 1. The second-order valence-corrected chi connectivity index (χ2v) is 7.92. The Kier molecular flexibility index (Phi) is 6.36. The van der Waals surface area contributed by atoms with Crippen LogP contribution < -0.4 is 14.9 Å². The number of halogens is 3. The number of para-hydroxylation sites is 2. The summed E-state index contributed by atoms with van der Waals surface area (Å²) in [7, 11) is 0. The Balaban J connectivity index is 1.43. The van der Waals surface area contributed by atoms with Crippen molar-refractivity contribution in [3.8, 4) is 11.5 Å². The third kappa shape index (κ3) is 4.63. The van der Waals surface area contributed by atoms with E-state index in [0.29, 0.717) is 50.1 Å². The molecular weight excluding hydrogens is 463 g/mol. The van der Waals surface area contributed by atoms with Crippen molar-refractivity contribution < 1.29 is 14.3 Å². The first kappa shape index (κ1) is 21.5. The van der Waals surface area contributed by atoms with E-state index in [1.54, 1.807) is 48.0 Å². The predicted octanol–water partition coefficient (Wildman–Crippen LogP) is 4.49. The van der Waals surface area contributed by atoms with Gasteiger partial charge >= 0.3 is 0 Å². The largest absolute Gasteiger partial charge is 0.485 e. The van der Waals surface area contributed by atoms with Gasteiger partial charge in [0.25, 0.3) is 5.91 Å². The van der Waals surface area contributed by atoms with E-state index in [2.05, 4.69) is 15.6 Å². The maximum absolute atomic E-state index is 12.4. The number of nitrogens with zero attached hydrogens (tertiary/aromatic N) is 3. The average molecular weight is 480 g/mol. The molecular formula is C21H17Cl3N4O3. The van der Waals surface area contributed by atoms with Crippen LogP contribution in [0.4, 0.5) is 0 Å². The fourth-order valence-corrected chi connectivity index (χ4v) is 3.83. The minimum absolute atomic E-state index is 0.0919. The zero-order valence-corrected chi connectivity index (χ0v) is 18.6. The second kappa shape index (κ2) is 9.18. The molecule has 2 heterocycles. The topological polar surface area (TPSA) is 77.7 Å². The maximum atomic E-state index is 12.4. The molecule has 0 saturated heterocycles. The molecule has 0 aliphatic carbocycles. The Bertz CT molecular complexity index is 1140. The summed E-state index contributed by atoms with van der Waals surface area (Å²) in [4.78, 5) is 12.4. The predicted molar refractivity (Wildman–Crippen MR) is 120 cm³/mol. The van der Waals surface area contributed by atoms with E-state index < -0.39 is 12.0 Å². The number of rotatable bonds is 5. The van der Waals surface area contributed by atoms with Gasteiger partial charge < -0.3 is 9.47 Å². The molecule has 1 aromatic heterocycles. The molecule has 7 nitrogen and oxygen atoms in total. The summed E-state index contributed by atoms with van der Waals surface area (Å²) in [5.41, 5.74) is 4.36. The smallest absolute Gasteiger partial charge is 0.284 e. The van der Waals surface area contributed by atoms with Crippen LogP contribution in [-0.4, -0.2) is 34.6 Å². The van der Waals surface area contributed by atoms with Crippen LogP contribution in [0.25, 0.3) is 0 Å². The Hall–Kier alpha value is -2.74. The summed E-state index contributed by atoms with van der Waals surface area (Å²) < 4.78 is 12.8. The van der Waals surface area contributed by atoms with Gasteiger partial charge in [-0.3, -0.25) is 4.79 Å². The number of hydrogen-bond donors (Lipinski definition) is 1. The van der Waals surface area contributed by atoms with Crippen LogP contribution in [0.5, 0.6) is 11.5 Å². The Morgan fingerprint density at radius 2 is 1.90 bits per heavy atom.